The van der Waals surface area contributed by atoms with Gasteiger partial charge in [0.05, 0.1) is 0 Å². The number of likely N-dealkylation sites (N-methyl/N-ethyl adjacent to an activating group) is 1. The molecule has 0 aliphatic heterocycles. The number of aliphatic carboxylic acids is 2. The number of amides is 1. The quantitative estimate of drug-likeness (QED) is 0.107. The topological polar surface area (TPSA) is 133 Å². The molecule has 1 atom stereocenters. The van der Waals surface area contributed by atoms with E-state index in [1.54, 1.807) is 0 Å². The van der Waals surface area contributed by atoms with Crippen LogP contribution in [0, 0.1) is 0 Å². The molecule has 0 heterocycles. The summed E-state index contributed by atoms with van der Waals surface area (Å²) >= 11 is 0. The molecular weight excluding hydrogens is 470 g/mol. The number of hydrogen-bond donors (Lipinski definition) is 4. The van der Waals surface area contributed by atoms with Gasteiger partial charge in [-0.25, -0.2) is 0 Å². The monoisotopic (exact) mass is 529 g/mol. The van der Waals surface area contributed by atoms with Crippen molar-refractivity contribution < 1.29 is 24.6 Å². The molecule has 0 aromatic carbocycles. The standard InChI is InChI=1S/C24H50N2O.C5H9NO4/c1-4-7-8-9-10-11-12-13-14-15-16-17-18-19-20-21-24(27)25-22-23-26(5-2)6-3;6-3(5(9)10)1-2-4(7)8/h4-23H2,1-3H3,(H,25,27);3H,1-2,6H2,(H,7,8)(H,9,10)/t;3-/m.0/s1. The molecule has 0 bridgehead atoms. The maximum atomic E-state index is 11.8. The van der Waals surface area contributed by atoms with Gasteiger partial charge in [0, 0.05) is 25.9 Å². The molecule has 220 valence electrons. The first-order chi connectivity index (χ1) is 17.8. The third kappa shape index (κ3) is 30.4. The Morgan fingerprint density at radius 3 is 1.51 bits per heavy atom. The van der Waals surface area contributed by atoms with E-state index in [0.717, 1.165) is 32.6 Å². The van der Waals surface area contributed by atoms with E-state index in [1.807, 2.05) is 0 Å². The first-order valence-corrected chi connectivity index (χ1v) is 15.0. The van der Waals surface area contributed by atoms with Crippen LogP contribution in [0.4, 0.5) is 0 Å². The van der Waals surface area contributed by atoms with Crippen molar-refractivity contribution in [2.24, 2.45) is 5.73 Å². The fourth-order valence-corrected chi connectivity index (χ4v) is 4.04. The normalized spacial score (nSPS) is 11.6. The van der Waals surface area contributed by atoms with Crippen LogP contribution in [0.15, 0.2) is 0 Å². The van der Waals surface area contributed by atoms with Gasteiger partial charge in [-0.15, -0.1) is 0 Å². The minimum absolute atomic E-state index is 0.0231. The summed E-state index contributed by atoms with van der Waals surface area (Å²) in [4.78, 5) is 34.0. The lowest BCUT2D eigenvalue weighted by molar-refractivity contribution is -0.139. The van der Waals surface area contributed by atoms with Crippen molar-refractivity contribution in [3.8, 4) is 0 Å². The van der Waals surface area contributed by atoms with Crippen LogP contribution in [0.25, 0.3) is 0 Å². The Balaban J connectivity index is 0. The van der Waals surface area contributed by atoms with E-state index in [2.05, 4.69) is 31.0 Å². The van der Waals surface area contributed by atoms with E-state index in [0.29, 0.717) is 6.42 Å². The number of unbranched alkanes of at least 4 members (excludes halogenated alkanes) is 14. The van der Waals surface area contributed by atoms with E-state index in [9.17, 15) is 14.4 Å². The zero-order valence-corrected chi connectivity index (χ0v) is 24.3. The Bertz CT molecular complexity index is 542. The number of hydrogen-bond acceptors (Lipinski definition) is 5. The van der Waals surface area contributed by atoms with Gasteiger partial charge >= 0.3 is 11.9 Å². The Labute approximate surface area is 227 Å². The first-order valence-electron chi connectivity index (χ1n) is 15.0. The van der Waals surface area contributed by atoms with Gasteiger partial charge in [-0.2, -0.15) is 0 Å². The number of nitrogens with two attached hydrogens (primary N) is 1. The second-order valence-electron chi connectivity index (χ2n) is 9.95. The SMILES string of the molecule is CCCCCCCCCCCCCCCCCC(=O)NCCN(CC)CC.N[C@@H](CCC(=O)O)C(=O)O. The summed E-state index contributed by atoms with van der Waals surface area (Å²) in [5.41, 5.74) is 5.00. The molecule has 8 heteroatoms. The second-order valence-corrected chi connectivity index (χ2v) is 9.95. The van der Waals surface area contributed by atoms with Crippen molar-refractivity contribution >= 4 is 17.8 Å². The summed E-state index contributed by atoms with van der Waals surface area (Å²) < 4.78 is 0. The van der Waals surface area contributed by atoms with Gasteiger partial charge in [0.15, 0.2) is 0 Å². The zero-order chi connectivity index (χ0) is 28.2. The van der Waals surface area contributed by atoms with Crippen LogP contribution in [0.5, 0.6) is 0 Å². The zero-order valence-electron chi connectivity index (χ0n) is 24.3. The number of carboxylic acids is 2. The lowest BCUT2D eigenvalue weighted by atomic mass is 10.0. The lowest BCUT2D eigenvalue weighted by Crippen LogP contribution is -2.34. The molecular formula is C29H59N3O5. The minimum Gasteiger partial charge on any atom is -0.481 e. The maximum Gasteiger partial charge on any atom is 0.320 e. The summed E-state index contributed by atoms with van der Waals surface area (Å²) in [7, 11) is 0. The van der Waals surface area contributed by atoms with Crippen molar-refractivity contribution in [2.75, 3.05) is 26.2 Å². The third-order valence-corrected chi connectivity index (χ3v) is 6.64. The molecule has 37 heavy (non-hydrogen) atoms. The van der Waals surface area contributed by atoms with E-state index >= 15 is 0 Å². The molecule has 0 aromatic heterocycles. The van der Waals surface area contributed by atoms with Crippen molar-refractivity contribution in [2.45, 2.75) is 142 Å². The average Bonchev–Trinajstić information content (AvgIpc) is 2.87. The molecule has 5 N–H and O–H groups in total. The van der Waals surface area contributed by atoms with Gasteiger partial charge in [-0.3, -0.25) is 14.4 Å². The van der Waals surface area contributed by atoms with Crippen LogP contribution in [0.3, 0.4) is 0 Å². The fourth-order valence-electron chi connectivity index (χ4n) is 4.04. The number of rotatable bonds is 25. The third-order valence-electron chi connectivity index (χ3n) is 6.64. The first kappa shape index (κ1) is 37.5. The molecule has 0 fully saturated rings. The highest BCUT2D eigenvalue weighted by Gasteiger charge is 2.12. The molecule has 8 nitrogen and oxygen atoms in total. The van der Waals surface area contributed by atoms with Gasteiger partial charge in [-0.1, -0.05) is 111 Å². The van der Waals surface area contributed by atoms with Gasteiger partial charge in [0.2, 0.25) is 5.91 Å². The second kappa shape index (κ2) is 28.9. The van der Waals surface area contributed by atoms with Crippen molar-refractivity contribution in [3.05, 3.63) is 0 Å². The van der Waals surface area contributed by atoms with E-state index in [-0.39, 0.29) is 18.7 Å². The van der Waals surface area contributed by atoms with Crippen LogP contribution in [0.1, 0.15) is 136 Å². The molecule has 0 aromatic rings. The van der Waals surface area contributed by atoms with Crippen LogP contribution in [-0.4, -0.2) is 65.2 Å². The molecule has 0 rings (SSSR count). The van der Waals surface area contributed by atoms with Gasteiger partial charge in [-0.05, 0) is 25.9 Å². The van der Waals surface area contributed by atoms with Crippen LogP contribution < -0.4 is 11.1 Å². The van der Waals surface area contributed by atoms with Gasteiger partial charge in [0.25, 0.3) is 0 Å². The predicted octanol–water partition coefficient (Wildman–Crippen LogP) is 5.97. The number of nitrogens with zero attached hydrogens (tertiary/aromatic N) is 1. The summed E-state index contributed by atoms with van der Waals surface area (Å²) in [6, 6.07) is -1.06. The van der Waals surface area contributed by atoms with E-state index in [4.69, 9.17) is 15.9 Å². The maximum absolute atomic E-state index is 11.8. The Hall–Kier alpha value is -1.67. The average molecular weight is 530 g/mol. The van der Waals surface area contributed by atoms with Crippen molar-refractivity contribution in [1.29, 1.82) is 0 Å². The molecule has 0 radical (unpaired) electrons. The molecule has 0 aliphatic carbocycles. The number of carboxylic acid groups (broad SMARTS) is 2. The van der Waals surface area contributed by atoms with Crippen molar-refractivity contribution in [1.82, 2.24) is 10.2 Å². The van der Waals surface area contributed by atoms with Crippen LogP contribution >= 0.6 is 0 Å². The highest BCUT2D eigenvalue weighted by molar-refractivity contribution is 5.75. The Morgan fingerprint density at radius 1 is 0.703 bits per heavy atom. The number of carbonyl (C=O) groups excluding carboxylic acids is 1. The fraction of sp³-hybridized carbons (Fsp3) is 0.897. The predicted molar refractivity (Wildman–Crippen MR) is 153 cm³/mol. The largest absolute Gasteiger partial charge is 0.481 e. The summed E-state index contributed by atoms with van der Waals surface area (Å²) in [5, 5.41) is 19.3. The summed E-state index contributed by atoms with van der Waals surface area (Å²) in [5.74, 6) is -1.96. The van der Waals surface area contributed by atoms with E-state index < -0.39 is 18.0 Å². The van der Waals surface area contributed by atoms with Gasteiger partial charge in [0.1, 0.15) is 6.04 Å². The van der Waals surface area contributed by atoms with Gasteiger partial charge < -0.3 is 26.2 Å². The van der Waals surface area contributed by atoms with Crippen LogP contribution in [-0.2, 0) is 14.4 Å². The molecule has 0 saturated carbocycles. The highest BCUT2D eigenvalue weighted by atomic mass is 16.4. The molecule has 0 saturated heterocycles. The molecule has 0 spiro atoms. The smallest absolute Gasteiger partial charge is 0.320 e. The number of nitrogens with one attached hydrogen (secondary N) is 1. The number of carbonyl (C=O) groups is 3. The Kier molecular flexibility index (Phi) is 29.3. The molecule has 1 amide bonds. The Morgan fingerprint density at radius 2 is 1.14 bits per heavy atom. The molecule has 0 aliphatic rings. The van der Waals surface area contributed by atoms with Crippen LogP contribution in [0.2, 0.25) is 0 Å². The minimum atomic E-state index is -1.17. The summed E-state index contributed by atoms with van der Waals surface area (Å²) in [6.07, 6.45) is 21.0. The molecule has 0 unspecified atom stereocenters. The lowest BCUT2D eigenvalue weighted by Gasteiger charge is -2.17. The highest BCUT2D eigenvalue weighted by Crippen LogP contribution is 2.13. The van der Waals surface area contributed by atoms with Crippen molar-refractivity contribution in [3.63, 3.8) is 0 Å². The summed E-state index contributed by atoms with van der Waals surface area (Å²) in [6.45, 7) is 10.5. The van der Waals surface area contributed by atoms with E-state index in [1.165, 1.54) is 89.9 Å².